The van der Waals surface area contributed by atoms with Crippen LogP contribution in [0.25, 0.3) is 0 Å². The highest BCUT2D eigenvalue weighted by atomic mass is 35.5. The monoisotopic (exact) mass is 321 g/mol. The van der Waals surface area contributed by atoms with E-state index in [1.807, 2.05) is 0 Å². The first-order valence-corrected chi connectivity index (χ1v) is 5.99. The number of azo groups is 1. The maximum Gasteiger partial charge on any atom is 0.274 e. The van der Waals surface area contributed by atoms with Crippen molar-refractivity contribution < 1.29 is 0 Å². The smallest absolute Gasteiger partial charge is 0.187 e. The second kappa shape index (κ2) is 5.75. The number of hydrogen-bond acceptors (Lipinski definition) is 5. The highest BCUT2D eigenvalue weighted by Crippen LogP contribution is 2.29. The van der Waals surface area contributed by atoms with E-state index in [0.29, 0.717) is 15.7 Å². The molecule has 0 atom stereocenters. The Morgan fingerprint density at radius 2 is 1.50 bits per heavy atom. The van der Waals surface area contributed by atoms with E-state index in [-0.39, 0.29) is 16.5 Å². The minimum atomic E-state index is -0.0637. The van der Waals surface area contributed by atoms with Gasteiger partial charge in [-0.1, -0.05) is 23.2 Å². The van der Waals surface area contributed by atoms with Gasteiger partial charge in [0.15, 0.2) is 0 Å². The van der Waals surface area contributed by atoms with Gasteiger partial charge in [0.1, 0.15) is 5.69 Å². The van der Waals surface area contributed by atoms with Crippen LogP contribution in [0.2, 0.25) is 20.6 Å². The molecule has 1 aromatic carbocycles. The molecule has 0 spiro atoms. The van der Waals surface area contributed by atoms with Gasteiger partial charge in [0.05, 0.1) is 5.02 Å². The van der Waals surface area contributed by atoms with Crippen molar-refractivity contribution in [2.45, 2.75) is 0 Å². The molecule has 0 radical (unpaired) electrons. The second-order valence-electron chi connectivity index (χ2n) is 2.97. The third-order valence-electron chi connectivity index (χ3n) is 1.73. The number of hydrogen-bond donors (Lipinski definition) is 0. The van der Waals surface area contributed by atoms with Gasteiger partial charge in [-0.2, -0.15) is 15.0 Å². The van der Waals surface area contributed by atoms with Crippen LogP contribution >= 0.6 is 46.4 Å². The molecule has 1 aromatic heterocycles. The molecule has 2 rings (SSSR count). The molecule has 5 nitrogen and oxygen atoms in total. The predicted molar refractivity (Wildman–Crippen MR) is 70.5 cm³/mol. The van der Waals surface area contributed by atoms with Crippen LogP contribution in [0.3, 0.4) is 0 Å². The Labute approximate surface area is 122 Å². The van der Waals surface area contributed by atoms with E-state index in [4.69, 9.17) is 46.4 Å². The van der Waals surface area contributed by atoms with Gasteiger partial charge in [-0.15, -0.1) is 10.2 Å². The fraction of sp³-hybridized carbons (Fsp3) is 0. The summed E-state index contributed by atoms with van der Waals surface area (Å²) in [6.07, 6.45) is 0. The summed E-state index contributed by atoms with van der Waals surface area (Å²) in [5.74, 6) is -0.00832. The van der Waals surface area contributed by atoms with Crippen molar-refractivity contribution in [1.82, 2.24) is 15.0 Å². The standard InChI is InChI=1S/C9H3Cl4N5/c10-4-1-2-6(5(11)3-4)17-18-9-15-7(12)14-8(13)16-9/h1-3H/b18-17+. The van der Waals surface area contributed by atoms with Crippen molar-refractivity contribution in [2.75, 3.05) is 0 Å². The molecule has 0 aliphatic rings. The normalized spacial score (nSPS) is 11.1. The highest BCUT2D eigenvalue weighted by Gasteiger charge is 2.03. The van der Waals surface area contributed by atoms with Crippen molar-refractivity contribution in [3.8, 4) is 0 Å². The molecule has 0 saturated heterocycles. The van der Waals surface area contributed by atoms with Crippen molar-refractivity contribution in [3.63, 3.8) is 0 Å². The summed E-state index contributed by atoms with van der Waals surface area (Å²) in [5, 5.41) is 8.35. The van der Waals surface area contributed by atoms with E-state index in [1.54, 1.807) is 18.2 Å². The molecule has 0 amide bonds. The first kappa shape index (κ1) is 13.4. The van der Waals surface area contributed by atoms with Crippen LogP contribution in [0, 0.1) is 0 Å². The molecule has 9 heteroatoms. The summed E-state index contributed by atoms with van der Waals surface area (Å²) in [7, 11) is 0. The fourth-order valence-electron chi connectivity index (χ4n) is 1.02. The fourth-order valence-corrected chi connectivity index (χ4v) is 1.82. The summed E-state index contributed by atoms with van der Waals surface area (Å²) >= 11 is 22.9. The summed E-state index contributed by atoms with van der Waals surface area (Å²) in [6.45, 7) is 0. The number of nitrogens with zero attached hydrogens (tertiary/aromatic N) is 5. The topological polar surface area (TPSA) is 63.4 Å². The van der Waals surface area contributed by atoms with Gasteiger partial charge in [-0.25, -0.2) is 0 Å². The third-order valence-corrected chi connectivity index (χ3v) is 2.60. The van der Waals surface area contributed by atoms with Crippen LogP contribution < -0.4 is 0 Å². The molecule has 0 unspecified atom stereocenters. The number of benzene rings is 1. The zero-order chi connectivity index (χ0) is 13.1. The average Bonchev–Trinajstić information content (AvgIpc) is 2.26. The van der Waals surface area contributed by atoms with Crippen LogP contribution in [0.4, 0.5) is 11.6 Å². The van der Waals surface area contributed by atoms with Gasteiger partial charge in [0.25, 0.3) is 5.95 Å². The molecule has 0 bridgehead atoms. The van der Waals surface area contributed by atoms with Gasteiger partial charge < -0.3 is 0 Å². The van der Waals surface area contributed by atoms with Crippen LogP contribution in [0.5, 0.6) is 0 Å². The molecule has 1 heterocycles. The lowest BCUT2D eigenvalue weighted by Crippen LogP contribution is -1.87. The number of halogens is 4. The Hall–Kier alpha value is -1.01. The Kier molecular flexibility index (Phi) is 4.29. The van der Waals surface area contributed by atoms with E-state index in [1.165, 1.54) is 0 Å². The molecule has 0 saturated carbocycles. The Balaban J connectivity index is 2.29. The summed E-state index contributed by atoms with van der Waals surface area (Å²) in [5.41, 5.74) is 0.425. The molecule has 2 aromatic rings. The largest absolute Gasteiger partial charge is 0.274 e. The Bertz CT molecular complexity index is 596. The van der Waals surface area contributed by atoms with Crippen LogP contribution in [-0.2, 0) is 0 Å². The molecular formula is C9H3Cl4N5. The van der Waals surface area contributed by atoms with Gasteiger partial charge in [-0.3, -0.25) is 0 Å². The summed E-state index contributed by atoms with van der Waals surface area (Å²) in [6, 6.07) is 4.79. The van der Waals surface area contributed by atoms with E-state index in [0.717, 1.165) is 0 Å². The van der Waals surface area contributed by atoms with Crippen molar-refractivity contribution in [2.24, 2.45) is 10.2 Å². The molecule has 0 aliphatic heterocycles. The number of aromatic nitrogens is 3. The lowest BCUT2D eigenvalue weighted by molar-refractivity contribution is 1.00. The van der Waals surface area contributed by atoms with Crippen LogP contribution in [0.15, 0.2) is 28.4 Å². The summed E-state index contributed by atoms with van der Waals surface area (Å²) < 4.78 is 0. The molecule has 92 valence electrons. The van der Waals surface area contributed by atoms with E-state index in [9.17, 15) is 0 Å². The van der Waals surface area contributed by atoms with E-state index in [2.05, 4.69) is 25.2 Å². The molecular weight excluding hydrogens is 320 g/mol. The Morgan fingerprint density at radius 1 is 0.833 bits per heavy atom. The third kappa shape index (κ3) is 3.49. The zero-order valence-electron chi connectivity index (χ0n) is 8.48. The Morgan fingerprint density at radius 3 is 2.11 bits per heavy atom. The maximum atomic E-state index is 5.91. The molecule has 0 fully saturated rings. The van der Waals surface area contributed by atoms with Crippen LogP contribution in [-0.4, -0.2) is 15.0 Å². The van der Waals surface area contributed by atoms with Crippen molar-refractivity contribution in [3.05, 3.63) is 38.8 Å². The molecule has 0 aliphatic carbocycles. The first-order chi connectivity index (χ1) is 8.54. The average molecular weight is 323 g/mol. The van der Waals surface area contributed by atoms with Gasteiger partial charge in [0, 0.05) is 5.02 Å². The minimum Gasteiger partial charge on any atom is -0.187 e. The quantitative estimate of drug-likeness (QED) is 0.738. The van der Waals surface area contributed by atoms with Gasteiger partial charge in [-0.05, 0) is 41.4 Å². The van der Waals surface area contributed by atoms with Crippen LogP contribution in [0.1, 0.15) is 0 Å². The van der Waals surface area contributed by atoms with Gasteiger partial charge in [0.2, 0.25) is 10.6 Å². The van der Waals surface area contributed by atoms with E-state index >= 15 is 0 Å². The highest BCUT2D eigenvalue weighted by molar-refractivity contribution is 6.36. The number of rotatable bonds is 2. The van der Waals surface area contributed by atoms with Gasteiger partial charge >= 0.3 is 0 Å². The molecule has 18 heavy (non-hydrogen) atoms. The maximum absolute atomic E-state index is 5.91. The first-order valence-electron chi connectivity index (χ1n) is 4.48. The lowest BCUT2D eigenvalue weighted by Gasteiger charge is -1.97. The van der Waals surface area contributed by atoms with Crippen molar-refractivity contribution in [1.29, 1.82) is 0 Å². The summed E-state index contributed by atoms with van der Waals surface area (Å²) in [4.78, 5) is 11.0. The SMILES string of the molecule is Clc1ccc(/N=N/c2nc(Cl)nc(Cl)n2)c(Cl)c1. The molecule has 0 N–H and O–H groups in total. The van der Waals surface area contributed by atoms with Crippen molar-refractivity contribution >= 4 is 58.0 Å². The second-order valence-corrected chi connectivity index (χ2v) is 4.49. The predicted octanol–water partition coefficient (Wildman–Crippen LogP) is 4.90. The lowest BCUT2D eigenvalue weighted by atomic mass is 10.3. The van der Waals surface area contributed by atoms with E-state index < -0.39 is 0 Å². The minimum absolute atomic E-state index is 0.00832. The zero-order valence-corrected chi connectivity index (χ0v) is 11.5.